The van der Waals surface area contributed by atoms with Gasteiger partial charge in [0.2, 0.25) is 0 Å². The summed E-state index contributed by atoms with van der Waals surface area (Å²) in [4.78, 5) is 2.48. The van der Waals surface area contributed by atoms with Crippen molar-refractivity contribution in [1.82, 2.24) is 25.2 Å². The van der Waals surface area contributed by atoms with Gasteiger partial charge in [-0.2, -0.15) is 0 Å². The van der Waals surface area contributed by atoms with Crippen LogP contribution in [0.25, 0.3) is 0 Å². The summed E-state index contributed by atoms with van der Waals surface area (Å²) in [5.41, 5.74) is 0.985. The van der Waals surface area contributed by atoms with Gasteiger partial charge in [-0.05, 0) is 5.92 Å². The van der Waals surface area contributed by atoms with Gasteiger partial charge in [0.25, 0.3) is 0 Å². The molecule has 6 heteroatoms. The van der Waals surface area contributed by atoms with E-state index in [0.29, 0.717) is 12.0 Å². The maximum Gasteiger partial charge on any atom is 0.0964 e. The van der Waals surface area contributed by atoms with Crippen LogP contribution >= 0.6 is 0 Å². The van der Waals surface area contributed by atoms with Crippen molar-refractivity contribution >= 4 is 0 Å². The number of hydrogen-bond donors (Lipinski definition) is 1. The Morgan fingerprint density at radius 3 is 2.90 bits per heavy atom. The largest absolute Gasteiger partial charge is 0.374 e. The highest BCUT2D eigenvalue weighted by Crippen LogP contribution is 2.09. The predicted octanol–water partition coefficient (Wildman–Crippen LogP) is 1.13. The average molecular weight is 295 g/mol. The van der Waals surface area contributed by atoms with E-state index in [1.165, 1.54) is 0 Å². The Bertz CT molecular complexity index is 418. The molecule has 0 saturated carbocycles. The number of nitrogens with one attached hydrogen (secondary N) is 1. The molecule has 1 fully saturated rings. The molecule has 1 saturated heterocycles. The quantitative estimate of drug-likeness (QED) is 0.817. The fraction of sp³-hybridized carbons (Fsp3) is 0.867. The zero-order valence-electron chi connectivity index (χ0n) is 13.7. The number of morpholine rings is 1. The van der Waals surface area contributed by atoms with Gasteiger partial charge in [-0.3, -0.25) is 4.90 Å². The van der Waals surface area contributed by atoms with Crippen molar-refractivity contribution in [3.63, 3.8) is 0 Å². The molecule has 21 heavy (non-hydrogen) atoms. The Kier molecular flexibility index (Phi) is 6.14. The standard InChI is InChI=1S/C15H29N5O/c1-12(2)8-19-5-6-21-15(10-19)11-20-9-14(17-18-20)7-16-13(3)4/h9,12-13,15-16H,5-8,10-11H2,1-4H3. The number of rotatable bonds is 7. The third-order valence-electron chi connectivity index (χ3n) is 3.51. The molecule has 1 aliphatic rings. The lowest BCUT2D eigenvalue weighted by Crippen LogP contribution is -2.45. The van der Waals surface area contributed by atoms with Crippen LogP contribution in [0.1, 0.15) is 33.4 Å². The van der Waals surface area contributed by atoms with Gasteiger partial charge in [-0.15, -0.1) is 5.10 Å². The van der Waals surface area contributed by atoms with E-state index < -0.39 is 0 Å². The van der Waals surface area contributed by atoms with Gasteiger partial charge >= 0.3 is 0 Å². The molecule has 0 bridgehead atoms. The molecule has 2 heterocycles. The number of aromatic nitrogens is 3. The first-order chi connectivity index (χ1) is 10.0. The first-order valence-electron chi connectivity index (χ1n) is 7.99. The molecule has 1 aromatic rings. The van der Waals surface area contributed by atoms with Gasteiger partial charge in [-0.25, -0.2) is 4.68 Å². The smallest absolute Gasteiger partial charge is 0.0964 e. The van der Waals surface area contributed by atoms with Gasteiger partial charge < -0.3 is 10.1 Å². The van der Waals surface area contributed by atoms with E-state index in [1.807, 2.05) is 10.9 Å². The van der Waals surface area contributed by atoms with E-state index >= 15 is 0 Å². The average Bonchev–Trinajstić information content (AvgIpc) is 2.83. The molecule has 120 valence electrons. The minimum atomic E-state index is 0.213. The highest BCUT2D eigenvalue weighted by Gasteiger charge is 2.21. The number of nitrogens with zero attached hydrogens (tertiary/aromatic N) is 4. The molecule has 0 radical (unpaired) electrons. The van der Waals surface area contributed by atoms with Crippen molar-refractivity contribution in [3.8, 4) is 0 Å². The molecule has 2 rings (SSSR count). The molecule has 1 unspecified atom stereocenters. The molecular formula is C15H29N5O. The van der Waals surface area contributed by atoms with Crippen molar-refractivity contribution < 1.29 is 4.74 Å². The highest BCUT2D eigenvalue weighted by atomic mass is 16.5. The Morgan fingerprint density at radius 1 is 1.38 bits per heavy atom. The Morgan fingerprint density at radius 2 is 2.19 bits per heavy atom. The zero-order valence-corrected chi connectivity index (χ0v) is 13.7. The van der Waals surface area contributed by atoms with Crippen LogP contribution in [-0.2, 0) is 17.8 Å². The Balaban J connectivity index is 1.81. The summed E-state index contributed by atoms with van der Waals surface area (Å²) in [5.74, 6) is 0.698. The molecule has 1 atom stereocenters. The molecular weight excluding hydrogens is 266 g/mol. The molecule has 1 aromatic heterocycles. The molecule has 0 spiro atoms. The first kappa shape index (κ1) is 16.4. The van der Waals surface area contributed by atoms with E-state index in [-0.39, 0.29) is 6.10 Å². The maximum absolute atomic E-state index is 5.86. The van der Waals surface area contributed by atoms with E-state index in [0.717, 1.165) is 45.0 Å². The summed E-state index contributed by atoms with van der Waals surface area (Å²) >= 11 is 0. The van der Waals surface area contributed by atoms with Crippen LogP contribution in [0.3, 0.4) is 0 Å². The minimum absolute atomic E-state index is 0.213. The summed E-state index contributed by atoms with van der Waals surface area (Å²) in [5, 5.41) is 11.8. The topological polar surface area (TPSA) is 55.2 Å². The van der Waals surface area contributed by atoms with Gasteiger partial charge in [0.1, 0.15) is 0 Å². The SMILES string of the molecule is CC(C)CN1CCOC(Cn2cc(CNC(C)C)nn2)C1. The fourth-order valence-corrected chi connectivity index (χ4v) is 2.60. The van der Waals surface area contributed by atoms with Gasteiger partial charge in [0.05, 0.1) is 24.9 Å². The van der Waals surface area contributed by atoms with Crippen LogP contribution in [0.2, 0.25) is 0 Å². The van der Waals surface area contributed by atoms with Crippen molar-refractivity contribution in [2.24, 2.45) is 5.92 Å². The first-order valence-corrected chi connectivity index (χ1v) is 7.99. The molecule has 0 aromatic carbocycles. The lowest BCUT2D eigenvalue weighted by Gasteiger charge is -2.33. The summed E-state index contributed by atoms with van der Waals surface area (Å²) in [6, 6.07) is 0.460. The number of ether oxygens (including phenoxy) is 1. The highest BCUT2D eigenvalue weighted by molar-refractivity contribution is 4.92. The van der Waals surface area contributed by atoms with Crippen molar-refractivity contribution in [2.75, 3.05) is 26.2 Å². The minimum Gasteiger partial charge on any atom is -0.374 e. The lowest BCUT2D eigenvalue weighted by atomic mass is 10.2. The van der Waals surface area contributed by atoms with Crippen LogP contribution in [0.5, 0.6) is 0 Å². The third kappa shape index (κ3) is 5.73. The number of hydrogen-bond acceptors (Lipinski definition) is 5. The van der Waals surface area contributed by atoms with Crippen LogP contribution in [-0.4, -0.2) is 58.3 Å². The lowest BCUT2D eigenvalue weighted by molar-refractivity contribution is -0.0406. The summed E-state index contributed by atoms with van der Waals surface area (Å²) in [7, 11) is 0. The molecule has 1 aliphatic heterocycles. The van der Waals surface area contributed by atoms with Crippen molar-refractivity contribution in [3.05, 3.63) is 11.9 Å². The summed E-state index contributed by atoms with van der Waals surface area (Å²) < 4.78 is 7.76. The zero-order chi connectivity index (χ0) is 15.2. The van der Waals surface area contributed by atoms with Gasteiger partial charge in [0.15, 0.2) is 0 Å². The molecule has 0 aliphatic carbocycles. The second-order valence-corrected chi connectivity index (χ2v) is 6.61. The second-order valence-electron chi connectivity index (χ2n) is 6.61. The predicted molar refractivity (Wildman–Crippen MR) is 83.0 cm³/mol. The van der Waals surface area contributed by atoms with Crippen LogP contribution < -0.4 is 5.32 Å². The summed E-state index contributed by atoms with van der Waals surface area (Å²) in [6.45, 7) is 14.3. The third-order valence-corrected chi connectivity index (χ3v) is 3.51. The normalized spacial score (nSPS) is 20.6. The van der Waals surface area contributed by atoms with E-state index in [2.05, 4.69) is 48.2 Å². The fourth-order valence-electron chi connectivity index (χ4n) is 2.60. The molecule has 6 nitrogen and oxygen atoms in total. The molecule has 1 N–H and O–H groups in total. The van der Waals surface area contributed by atoms with Crippen molar-refractivity contribution in [2.45, 2.75) is 52.9 Å². The van der Waals surface area contributed by atoms with Crippen LogP contribution in [0.4, 0.5) is 0 Å². The monoisotopic (exact) mass is 295 g/mol. The van der Waals surface area contributed by atoms with Crippen LogP contribution in [0, 0.1) is 5.92 Å². The van der Waals surface area contributed by atoms with Gasteiger partial charge in [-0.1, -0.05) is 32.9 Å². The molecule has 0 amide bonds. The van der Waals surface area contributed by atoms with Crippen molar-refractivity contribution in [1.29, 1.82) is 0 Å². The summed E-state index contributed by atoms with van der Waals surface area (Å²) in [6.07, 6.45) is 2.23. The van der Waals surface area contributed by atoms with Gasteiger partial charge in [0, 0.05) is 38.4 Å². The second kappa shape index (κ2) is 7.87. The van der Waals surface area contributed by atoms with E-state index in [1.54, 1.807) is 0 Å². The van der Waals surface area contributed by atoms with Crippen LogP contribution in [0.15, 0.2) is 6.20 Å². The van der Waals surface area contributed by atoms with E-state index in [9.17, 15) is 0 Å². The maximum atomic E-state index is 5.86. The Hall–Kier alpha value is -0.980. The Labute approximate surface area is 127 Å². The van der Waals surface area contributed by atoms with E-state index in [4.69, 9.17) is 4.74 Å².